The second-order valence-corrected chi connectivity index (χ2v) is 6.43. The first-order chi connectivity index (χ1) is 11.2. The van der Waals surface area contributed by atoms with E-state index < -0.39 is 0 Å². The first kappa shape index (κ1) is 15.7. The van der Waals surface area contributed by atoms with Gasteiger partial charge in [-0.1, -0.05) is 0 Å². The summed E-state index contributed by atoms with van der Waals surface area (Å²) in [7, 11) is 1.54. The summed E-state index contributed by atoms with van der Waals surface area (Å²) in [5.41, 5.74) is 1.12. The molecule has 0 spiro atoms. The van der Waals surface area contributed by atoms with E-state index in [-0.39, 0.29) is 12.0 Å². The number of aryl methyl sites for hydroxylation is 1. The molecule has 2 aromatic heterocycles. The molecule has 0 saturated carbocycles. The topological polar surface area (TPSA) is 64.6 Å². The molecule has 0 N–H and O–H groups in total. The molecule has 3 rings (SSSR count). The maximum Gasteiger partial charge on any atom is 0.264 e. The fourth-order valence-electron chi connectivity index (χ4n) is 2.58. The van der Waals surface area contributed by atoms with Crippen molar-refractivity contribution < 1.29 is 14.3 Å². The van der Waals surface area contributed by atoms with Crippen molar-refractivity contribution >= 4 is 17.2 Å². The Labute approximate surface area is 139 Å². The Morgan fingerprint density at radius 2 is 2.22 bits per heavy atom. The summed E-state index contributed by atoms with van der Waals surface area (Å²) in [6.07, 6.45) is 4.83. The van der Waals surface area contributed by atoms with E-state index in [9.17, 15) is 4.79 Å². The minimum Gasteiger partial charge on any atom is -0.480 e. The summed E-state index contributed by atoms with van der Waals surface area (Å²) in [5.74, 6) is 0.920. The third-order valence-electron chi connectivity index (χ3n) is 3.69. The van der Waals surface area contributed by atoms with Crippen molar-refractivity contribution in [2.75, 3.05) is 20.2 Å². The zero-order valence-corrected chi connectivity index (χ0v) is 14.0. The van der Waals surface area contributed by atoms with Crippen LogP contribution in [-0.2, 0) is 0 Å². The minimum absolute atomic E-state index is 0.0739. The standard InChI is InChI=1S/C16H19N3O3S/c1-11-6-13(23-10-11)16(20)19-5-3-4-12(9-19)22-15-8-17-7-14(18-15)21-2/h6-8,10,12H,3-5,9H2,1-2H3/t12-/m1/s1. The van der Waals surface area contributed by atoms with Crippen LogP contribution in [0.5, 0.6) is 11.8 Å². The third-order valence-corrected chi connectivity index (χ3v) is 4.73. The molecule has 1 saturated heterocycles. The minimum atomic E-state index is -0.0739. The lowest BCUT2D eigenvalue weighted by atomic mass is 10.1. The van der Waals surface area contributed by atoms with E-state index in [2.05, 4.69) is 9.97 Å². The van der Waals surface area contributed by atoms with Crippen LogP contribution in [0.3, 0.4) is 0 Å². The van der Waals surface area contributed by atoms with Crippen LogP contribution in [0.25, 0.3) is 0 Å². The van der Waals surface area contributed by atoms with Crippen molar-refractivity contribution in [3.05, 3.63) is 34.3 Å². The SMILES string of the molecule is COc1cncc(O[C@@H]2CCCN(C(=O)c3cc(C)cs3)C2)n1. The number of carbonyl (C=O) groups is 1. The second kappa shape index (κ2) is 6.95. The number of rotatable bonds is 4. The Hall–Kier alpha value is -2.15. The van der Waals surface area contributed by atoms with E-state index >= 15 is 0 Å². The predicted molar refractivity (Wildman–Crippen MR) is 87.2 cm³/mol. The van der Waals surface area contributed by atoms with Crippen LogP contribution < -0.4 is 9.47 Å². The van der Waals surface area contributed by atoms with Gasteiger partial charge in [-0.25, -0.2) is 0 Å². The molecular weight excluding hydrogens is 314 g/mol. The number of likely N-dealkylation sites (tertiary alicyclic amines) is 1. The molecule has 1 aliphatic heterocycles. The van der Waals surface area contributed by atoms with Gasteiger partial charge in [0.1, 0.15) is 6.10 Å². The van der Waals surface area contributed by atoms with Gasteiger partial charge in [0.25, 0.3) is 5.91 Å². The van der Waals surface area contributed by atoms with Crippen molar-refractivity contribution in [3.63, 3.8) is 0 Å². The van der Waals surface area contributed by atoms with Crippen LogP contribution in [0.4, 0.5) is 0 Å². The molecule has 3 heterocycles. The van der Waals surface area contributed by atoms with E-state index in [0.717, 1.165) is 29.8 Å². The average Bonchev–Trinajstić information content (AvgIpc) is 3.01. The van der Waals surface area contributed by atoms with Crippen molar-refractivity contribution in [1.29, 1.82) is 0 Å². The monoisotopic (exact) mass is 333 g/mol. The highest BCUT2D eigenvalue weighted by molar-refractivity contribution is 7.12. The van der Waals surface area contributed by atoms with Gasteiger partial charge in [0.15, 0.2) is 0 Å². The highest BCUT2D eigenvalue weighted by Crippen LogP contribution is 2.21. The lowest BCUT2D eigenvalue weighted by Gasteiger charge is -2.32. The molecule has 23 heavy (non-hydrogen) atoms. The van der Waals surface area contributed by atoms with Crippen LogP contribution in [0.15, 0.2) is 23.8 Å². The van der Waals surface area contributed by atoms with E-state index in [1.807, 2.05) is 23.3 Å². The largest absolute Gasteiger partial charge is 0.480 e. The number of thiophene rings is 1. The first-order valence-electron chi connectivity index (χ1n) is 7.53. The lowest BCUT2D eigenvalue weighted by molar-refractivity contribution is 0.0529. The Balaban J connectivity index is 1.64. The molecular formula is C16H19N3O3S. The number of hydrogen-bond acceptors (Lipinski definition) is 6. The summed E-state index contributed by atoms with van der Waals surface area (Å²) in [4.78, 5) is 23.4. The van der Waals surface area contributed by atoms with Crippen LogP contribution in [0.2, 0.25) is 0 Å². The lowest BCUT2D eigenvalue weighted by Crippen LogP contribution is -2.44. The van der Waals surface area contributed by atoms with Crippen molar-refractivity contribution in [3.8, 4) is 11.8 Å². The van der Waals surface area contributed by atoms with Gasteiger partial charge in [-0.05, 0) is 36.8 Å². The Morgan fingerprint density at radius 1 is 1.39 bits per heavy atom. The van der Waals surface area contributed by atoms with Crippen LogP contribution in [0, 0.1) is 6.92 Å². The van der Waals surface area contributed by atoms with Crippen LogP contribution in [-0.4, -0.2) is 47.1 Å². The summed E-state index contributed by atoms with van der Waals surface area (Å²) in [6, 6.07) is 1.94. The molecule has 0 aliphatic carbocycles. The quantitative estimate of drug-likeness (QED) is 0.860. The maximum absolute atomic E-state index is 12.5. The van der Waals surface area contributed by atoms with Crippen molar-refractivity contribution in [1.82, 2.24) is 14.9 Å². The average molecular weight is 333 g/mol. The number of nitrogens with zero attached hydrogens (tertiary/aromatic N) is 3. The fraction of sp³-hybridized carbons (Fsp3) is 0.438. The third kappa shape index (κ3) is 3.79. The second-order valence-electron chi connectivity index (χ2n) is 5.52. The van der Waals surface area contributed by atoms with Gasteiger partial charge in [0, 0.05) is 6.54 Å². The molecule has 0 bridgehead atoms. The van der Waals surface area contributed by atoms with E-state index in [4.69, 9.17) is 9.47 Å². The number of piperidine rings is 1. The molecule has 0 unspecified atom stereocenters. The van der Waals surface area contributed by atoms with E-state index in [1.54, 1.807) is 6.20 Å². The number of ether oxygens (including phenoxy) is 2. The fourth-order valence-corrected chi connectivity index (χ4v) is 3.44. The van der Waals surface area contributed by atoms with Crippen molar-refractivity contribution in [2.24, 2.45) is 0 Å². The zero-order chi connectivity index (χ0) is 16.2. The molecule has 1 aliphatic rings. The van der Waals surface area contributed by atoms with Gasteiger partial charge in [-0.2, -0.15) is 4.98 Å². The van der Waals surface area contributed by atoms with Crippen LogP contribution >= 0.6 is 11.3 Å². The molecule has 0 aromatic carbocycles. The Kier molecular flexibility index (Phi) is 4.76. The summed E-state index contributed by atoms with van der Waals surface area (Å²) >= 11 is 1.49. The molecule has 1 amide bonds. The highest BCUT2D eigenvalue weighted by Gasteiger charge is 2.26. The number of aromatic nitrogens is 2. The Bertz CT molecular complexity index is 689. The smallest absolute Gasteiger partial charge is 0.264 e. The normalized spacial score (nSPS) is 17.8. The number of hydrogen-bond donors (Lipinski definition) is 0. The van der Waals surface area contributed by atoms with Gasteiger partial charge in [-0.3, -0.25) is 9.78 Å². The van der Waals surface area contributed by atoms with Gasteiger partial charge in [-0.15, -0.1) is 11.3 Å². The summed E-state index contributed by atoms with van der Waals surface area (Å²) in [6.45, 7) is 3.32. The van der Waals surface area contributed by atoms with Gasteiger partial charge in [0.05, 0.1) is 30.9 Å². The molecule has 7 heteroatoms. The van der Waals surface area contributed by atoms with E-state index in [0.29, 0.717) is 18.3 Å². The van der Waals surface area contributed by atoms with Gasteiger partial charge < -0.3 is 14.4 Å². The molecule has 1 atom stereocenters. The predicted octanol–water partition coefficient (Wildman–Crippen LogP) is 2.54. The number of methoxy groups -OCH3 is 1. The van der Waals surface area contributed by atoms with Crippen molar-refractivity contribution in [2.45, 2.75) is 25.9 Å². The molecule has 122 valence electrons. The molecule has 1 fully saturated rings. The first-order valence-corrected chi connectivity index (χ1v) is 8.41. The molecule has 6 nitrogen and oxygen atoms in total. The Morgan fingerprint density at radius 3 is 2.96 bits per heavy atom. The van der Waals surface area contributed by atoms with Gasteiger partial charge in [0.2, 0.25) is 11.8 Å². The summed E-state index contributed by atoms with van der Waals surface area (Å²) < 4.78 is 10.9. The number of amides is 1. The summed E-state index contributed by atoms with van der Waals surface area (Å²) in [5, 5.41) is 2.00. The maximum atomic E-state index is 12.5. The van der Waals surface area contributed by atoms with Crippen LogP contribution in [0.1, 0.15) is 28.1 Å². The van der Waals surface area contributed by atoms with Gasteiger partial charge >= 0.3 is 0 Å². The molecule has 0 radical (unpaired) electrons. The number of carbonyl (C=O) groups excluding carboxylic acids is 1. The molecule has 2 aromatic rings. The van der Waals surface area contributed by atoms with E-state index in [1.165, 1.54) is 24.6 Å². The zero-order valence-electron chi connectivity index (χ0n) is 13.2. The highest BCUT2D eigenvalue weighted by atomic mass is 32.1.